The number of alkyl halides is 2. The van der Waals surface area contributed by atoms with E-state index < -0.39 is 5.92 Å². The predicted molar refractivity (Wildman–Crippen MR) is 159 cm³/mol. The number of allylic oxidation sites excluding steroid dienone is 4. The molecule has 0 bridgehead atoms. The van der Waals surface area contributed by atoms with E-state index in [1.807, 2.05) is 43.5 Å². The average Bonchev–Trinajstić information content (AvgIpc) is 3.27. The van der Waals surface area contributed by atoms with E-state index >= 15 is 0 Å². The number of anilines is 1. The second kappa shape index (κ2) is 10.2. The van der Waals surface area contributed by atoms with E-state index in [1.54, 1.807) is 23.5 Å². The number of likely N-dealkylation sites (tertiary alicyclic amines) is 1. The Morgan fingerprint density at radius 3 is 2.90 bits per heavy atom. The maximum absolute atomic E-state index is 13.7. The van der Waals surface area contributed by atoms with Gasteiger partial charge in [0.15, 0.2) is 17.3 Å². The number of imidazole rings is 1. The predicted octanol–water partition coefficient (Wildman–Crippen LogP) is 5.25. The van der Waals surface area contributed by atoms with Gasteiger partial charge in [0.05, 0.1) is 30.0 Å². The SMILES string of the molecule is C=CN/C=C(\C=C(/C)CN1CCC(F)(F)C1)c1ccc2[nH]nc(-c3nc4c([nH]3)C(c3cccnc3)=CC=C3CN34)c2n1. The van der Waals surface area contributed by atoms with Crippen molar-refractivity contribution in [2.24, 2.45) is 0 Å². The van der Waals surface area contributed by atoms with Gasteiger partial charge >= 0.3 is 0 Å². The molecule has 0 unspecified atom stereocenters. The van der Waals surface area contributed by atoms with Crippen LogP contribution in [0.1, 0.15) is 30.3 Å². The van der Waals surface area contributed by atoms with E-state index in [0.29, 0.717) is 35.8 Å². The van der Waals surface area contributed by atoms with Gasteiger partial charge in [-0.2, -0.15) is 5.10 Å². The van der Waals surface area contributed by atoms with Crippen molar-refractivity contribution in [2.75, 3.05) is 31.1 Å². The monoisotopic (exact) mass is 565 g/mol. The third-order valence-electron chi connectivity index (χ3n) is 7.60. The molecule has 4 aromatic heterocycles. The number of hydrogen-bond donors (Lipinski definition) is 3. The lowest BCUT2D eigenvalue weighted by atomic mass is 10.0. The number of aromatic nitrogens is 6. The third-order valence-corrected chi connectivity index (χ3v) is 7.60. The zero-order valence-electron chi connectivity index (χ0n) is 23.0. The zero-order valence-corrected chi connectivity index (χ0v) is 23.0. The highest BCUT2D eigenvalue weighted by molar-refractivity contribution is 5.93. The standard InChI is InChI=1S/C31H29F2N9/c1-3-34-15-21(13-19(2)16-41-12-10-31(32,33)18-41)24-8-9-25-27(36-24)28(40-39-25)29-37-26-23(20-5-4-11-35-14-20)7-6-22-17-42(22)30(26)38-29/h3-9,11,13-15,34H,1,10,12,16-18H2,2H3,(H,37,38)(H,39,40)/b19-13+,21-15+. The van der Waals surface area contributed by atoms with Crippen molar-refractivity contribution in [3.8, 4) is 11.5 Å². The van der Waals surface area contributed by atoms with E-state index in [1.165, 1.54) is 5.70 Å². The van der Waals surface area contributed by atoms with Gasteiger partial charge in [-0.25, -0.2) is 18.7 Å². The summed E-state index contributed by atoms with van der Waals surface area (Å²) in [6.45, 7) is 7.14. The Bertz CT molecular complexity index is 1810. The summed E-state index contributed by atoms with van der Waals surface area (Å²) in [6.07, 6.45) is 13.1. The number of hydrogen-bond acceptors (Lipinski definition) is 7. The molecule has 2 saturated heterocycles. The molecule has 2 fully saturated rings. The van der Waals surface area contributed by atoms with Crippen LogP contribution in [0.3, 0.4) is 0 Å². The molecule has 4 aromatic rings. The fourth-order valence-corrected chi connectivity index (χ4v) is 5.53. The lowest BCUT2D eigenvalue weighted by Crippen LogP contribution is -2.26. The summed E-state index contributed by atoms with van der Waals surface area (Å²) >= 11 is 0. The molecule has 7 heterocycles. The van der Waals surface area contributed by atoms with Gasteiger partial charge in [0.2, 0.25) is 0 Å². The quantitative estimate of drug-likeness (QED) is 0.198. The van der Waals surface area contributed by atoms with Crippen molar-refractivity contribution in [2.45, 2.75) is 19.3 Å². The van der Waals surface area contributed by atoms with Crippen LogP contribution in [0.5, 0.6) is 0 Å². The Morgan fingerprint density at radius 1 is 1.21 bits per heavy atom. The number of nitrogens with zero attached hydrogens (tertiary/aromatic N) is 6. The highest BCUT2D eigenvalue weighted by atomic mass is 19.3. The van der Waals surface area contributed by atoms with E-state index in [4.69, 9.17) is 9.97 Å². The molecular formula is C31H29F2N9. The molecule has 0 amide bonds. The average molecular weight is 566 g/mol. The minimum Gasteiger partial charge on any atom is -0.368 e. The molecule has 7 rings (SSSR count). The minimum absolute atomic E-state index is 0.104. The maximum Gasteiger partial charge on any atom is 0.261 e. The van der Waals surface area contributed by atoms with Gasteiger partial charge in [-0.05, 0) is 37.4 Å². The van der Waals surface area contributed by atoms with Crippen molar-refractivity contribution in [1.29, 1.82) is 0 Å². The smallest absolute Gasteiger partial charge is 0.261 e. The Morgan fingerprint density at radius 2 is 2.12 bits per heavy atom. The summed E-state index contributed by atoms with van der Waals surface area (Å²) in [5.74, 6) is -1.17. The largest absolute Gasteiger partial charge is 0.368 e. The molecule has 0 aromatic carbocycles. The molecule has 0 saturated carbocycles. The van der Waals surface area contributed by atoms with Crippen LogP contribution in [-0.2, 0) is 0 Å². The molecule has 0 aliphatic carbocycles. The first-order valence-corrected chi connectivity index (χ1v) is 13.8. The summed E-state index contributed by atoms with van der Waals surface area (Å²) < 4.78 is 27.5. The van der Waals surface area contributed by atoms with E-state index in [0.717, 1.165) is 45.9 Å². The van der Waals surface area contributed by atoms with Crippen LogP contribution in [0.2, 0.25) is 0 Å². The molecule has 3 aliphatic heterocycles. The molecule has 212 valence electrons. The van der Waals surface area contributed by atoms with Gasteiger partial charge in [0, 0.05) is 60.5 Å². The van der Waals surface area contributed by atoms with E-state index in [2.05, 4.69) is 49.1 Å². The molecule has 3 aliphatic rings. The summed E-state index contributed by atoms with van der Waals surface area (Å²) in [7, 11) is 0. The van der Waals surface area contributed by atoms with Crippen molar-refractivity contribution in [3.05, 3.63) is 102 Å². The molecular weight excluding hydrogens is 536 g/mol. The topological polar surface area (TPSA) is 101 Å². The minimum atomic E-state index is -2.62. The maximum atomic E-state index is 13.7. The van der Waals surface area contributed by atoms with Crippen molar-refractivity contribution in [1.82, 2.24) is 40.3 Å². The van der Waals surface area contributed by atoms with Crippen LogP contribution in [0, 0.1) is 0 Å². The van der Waals surface area contributed by atoms with Gasteiger partial charge in [-0.1, -0.05) is 30.4 Å². The molecule has 11 heteroatoms. The summed E-state index contributed by atoms with van der Waals surface area (Å²) in [5, 5.41) is 10.7. The van der Waals surface area contributed by atoms with Gasteiger partial charge in [-0.3, -0.25) is 15.0 Å². The lowest BCUT2D eigenvalue weighted by Gasteiger charge is -2.16. The Hall–Kier alpha value is -4.90. The number of halogens is 2. The lowest BCUT2D eigenvalue weighted by molar-refractivity contribution is 0.0131. The van der Waals surface area contributed by atoms with Crippen LogP contribution in [-0.4, -0.2) is 67.1 Å². The first-order valence-electron chi connectivity index (χ1n) is 13.8. The molecule has 3 N–H and O–H groups in total. The molecule has 42 heavy (non-hydrogen) atoms. The van der Waals surface area contributed by atoms with Crippen LogP contribution in [0.4, 0.5) is 14.6 Å². The Kier molecular flexibility index (Phi) is 6.31. The molecule has 0 spiro atoms. The number of H-pyrrole nitrogens is 2. The fraction of sp³-hybridized carbons (Fsp3) is 0.226. The summed E-state index contributed by atoms with van der Waals surface area (Å²) in [5.41, 5.74) is 8.58. The third kappa shape index (κ3) is 4.92. The van der Waals surface area contributed by atoms with Crippen molar-refractivity contribution < 1.29 is 8.78 Å². The normalized spacial score (nSPS) is 18.3. The van der Waals surface area contributed by atoms with Crippen molar-refractivity contribution in [3.63, 3.8) is 0 Å². The fourth-order valence-electron chi connectivity index (χ4n) is 5.53. The number of fused-ring (bicyclic) bond motifs is 4. The number of rotatable bonds is 8. The summed E-state index contributed by atoms with van der Waals surface area (Å²) in [6, 6.07) is 7.78. The first kappa shape index (κ1) is 26.0. The first-order chi connectivity index (χ1) is 20.4. The summed E-state index contributed by atoms with van der Waals surface area (Å²) in [4.78, 5) is 21.7. The van der Waals surface area contributed by atoms with Crippen LogP contribution < -0.4 is 10.2 Å². The molecule has 9 nitrogen and oxygen atoms in total. The van der Waals surface area contributed by atoms with Crippen LogP contribution >= 0.6 is 0 Å². The zero-order chi connectivity index (χ0) is 28.8. The number of nitrogens with one attached hydrogen (secondary N) is 3. The van der Waals surface area contributed by atoms with E-state index in [-0.39, 0.29) is 13.0 Å². The Labute approximate surface area is 241 Å². The second-order valence-corrected chi connectivity index (χ2v) is 10.8. The number of aromatic amines is 2. The van der Waals surface area contributed by atoms with Gasteiger partial charge in [0.25, 0.3) is 5.92 Å². The highest BCUT2D eigenvalue weighted by Gasteiger charge is 2.38. The number of pyridine rings is 2. The molecule has 0 atom stereocenters. The van der Waals surface area contributed by atoms with E-state index in [9.17, 15) is 8.78 Å². The van der Waals surface area contributed by atoms with Crippen molar-refractivity contribution >= 4 is 28.0 Å². The molecule has 0 radical (unpaired) electrons. The van der Waals surface area contributed by atoms with Crippen LogP contribution in [0.15, 0.2) is 85.1 Å². The van der Waals surface area contributed by atoms with Gasteiger partial charge < -0.3 is 15.2 Å². The highest BCUT2D eigenvalue weighted by Crippen LogP contribution is 2.42. The van der Waals surface area contributed by atoms with Gasteiger partial charge in [0.1, 0.15) is 5.52 Å². The Balaban J connectivity index is 1.24. The second-order valence-electron chi connectivity index (χ2n) is 10.8. The van der Waals surface area contributed by atoms with Gasteiger partial charge in [-0.15, -0.1) is 0 Å². The van der Waals surface area contributed by atoms with Crippen LogP contribution in [0.25, 0.3) is 33.7 Å².